The van der Waals surface area contributed by atoms with Gasteiger partial charge in [-0.2, -0.15) is 0 Å². The Bertz CT molecular complexity index is 1050. The number of carboxylic acids is 1. The van der Waals surface area contributed by atoms with Crippen molar-refractivity contribution in [1.82, 2.24) is 4.57 Å². The number of hydrogen-bond acceptors (Lipinski definition) is 3. The lowest BCUT2D eigenvalue weighted by Gasteiger charge is -2.15. The first-order valence-corrected chi connectivity index (χ1v) is 9.93. The van der Waals surface area contributed by atoms with Crippen LogP contribution in [-0.2, 0) is 4.79 Å². The van der Waals surface area contributed by atoms with Gasteiger partial charge in [-0.25, -0.2) is 4.39 Å². The standard InChI is InChI=1S/C24H26FNO4/c1-15(2)26-21-6-4-3-5-20(21)24(16-7-9-17(25)10-8-16)22(26)12-11-18(27)13-19(28)14-23(29)30/h3-12,15,18-19,27-28H,13-14H2,1-2H3,(H,29,30)/b12-11-. The highest BCUT2D eigenvalue weighted by molar-refractivity contribution is 6.01. The maximum absolute atomic E-state index is 13.5. The van der Waals surface area contributed by atoms with Crippen molar-refractivity contribution in [2.24, 2.45) is 0 Å². The number of aromatic nitrogens is 1. The minimum Gasteiger partial charge on any atom is -0.481 e. The Morgan fingerprint density at radius 3 is 2.40 bits per heavy atom. The summed E-state index contributed by atoms with van der Waals surface area (Å²) in [5.41, 5.74) is 3.65. The van der Waals surface area contributed by atoms with Crippen molar-refractivity contribution in [1.29, 1.82) is 0 Å². The summed E-state index contributed by atoms with van der Waals surface area (Å²) in [5.74, 6) is -1.43. The molecule has 2 atom stereocenters. The molecule has 3 N–H and O–H groups in total. The zero-order valence-corrected chi connectivity index (χ0v) is 17.0. The van der Waals surface area contributed by atoms with E-state index in [0.29, 0.717) is 0 Å². The lowest BCUT2D eigenvalue weighted by atomic mass is 10.0. The third kappa shape index (κ3) is 4.78. The molecule has 0 amide bonds. The predicted molar refractivity (Wildman–Crippen MR) is 116 cm³/mol. The lowest BCUT2D eigenvalue weighted by Crippen LogP contribution is -2.19. The summed E-state index contributed by atoms with van der Waals surface area (Å²) in [6, 6.07) is 14.4. The molecule has 3 aromatic rings. The van der Waals surface area contributed by atoms with E-state index >= 15 is 0 Å². The van der Waals surface area contributed by atoms with Gasteiger partial charge in [0.05, 0.1) is 18.6 Å². The normalized spacial score (nSPS) is 13.9. The molecule has 0 saturated carbocycles. The summed E-state index contributed by atoms with van der Waals surface area (Å²) < 4.78 is 15.6. The highest BCUT2D eigenvalue weighted by Crippen LogP contribution is 2.38. The number of carboxylic acid groups (broad SMARTS) is 1. The van der Waals surface area contributed by atoms with Crippen LogP contribution >= 0.6 is 0 Å². The van der Waals surface area contributed by atoms with Crippen LogP contribution in [0.15, 0.2) is 54.6 Å². The Hall–Kier alpha value is -2.96. The third-order valence-electron chi connectivity index (χ3n) is 5.00. The van der Waals surface area contributed by atoms with Crippen molar-refractivity contribution >= 4 is 22.9 Å². The van der Waals surface area contributed by atoms with Crippen molar-refractivity contribution in [2.45, 2.75) is 44.9 Å². The van der Waals surface area contributed by atoms with Crippen LogP contribution in [0.4, 0.5) is 4.39 Å². The fraction of sp³-hybridized carbons (Fsp3) is 0.292. The molecule has 158 valence electrons. The van der Waals surface area contributed by atoms with Gasteiger partial charge in [-0.3, -0.25) is 4.79 Å². The van der Waals surface area contributed by atoms with Crippen LogP contribution in [0.25, 0.3) is 28.1 Å². The highest BCUT2D eigenvalue weighted by Gasteiger charge is 2.19. The van der Waals surface area contributed by atoms with Crippen LogP contribution in [0.1, 0.15) is 38.4 Å². The molecule has 1 heterocycles. The summed E-state index contributed by atoms with van der Waals surface area (Å²) in [5, 5.41) is 29.9. The molecule has 2 aromatic carbocycles. The number of aliphatic hydroxyl groups excluding tert-OH is 2. The summed E-state index contributed by atoms with van der Waals surface area (Å²) in [4.78, 5) is 10.7. The molecule has 0 aliphatic carbocycles. The van der Waals surface area contributed by atoms with Gasteiger partial charge >= 0.3 is 5.97 Å². The third-order valence-corrected chi connectivity index (χ3v) is 5.00. The van der Waals surface area contributed by atoms with Crippen LogP contribution in [0, 0.1) is 5.82 Å². The fourth-order valence-electron chi connectivity index (χ4n) is 3.77. The molecule has 0 spiro atoms. The van der Waals surface area contributed by atoms with Gasteiger partial charge in [-0.05, 0) is 43.7 Å². The summed E-state index contributed by atoms with van der Waals surface area (Å²) in [6.07, 6.45) is 0.727. The van der Waals surface area contributed by atoms with E-state index in [1.807, 2.05) is 24.3 Å². The Balaban J connectivity index is 2.08. The van der Waals surface area contributed by atoms with Crippen LogP contribution in [0.3, 0.4) is 0 Å². The molecule has 6 heteroatoms. The van der Waals surface area contributed by atoms with Gasteiger partial charge in [0.1, 0.15) is 5.82 Å². The predicted octanol–water partition coefficient (Wildman–Crippen LogP) is 4.63. The van der Waals surface area contributed by atoms with E-state index in [4.69, 9.17) is 5.11 Å². The molecule has 0 radical (unpaired) electrons. The average Bonchev–Trinajstić information content (AvgIpc) is 3.00. The van der Waals surface area contributed by atoms with E-state index in [1.165, 1.54) is 12.1 Å². The molecule has 30 heavy (non-hydrogen) atoms. The largest absolute Gasteiger partial charge is 0.481 e. The number of hydrogen-bond donors (Lipinski definition) is 3. The Labute approximate surface area is 174 Å². The summed E-state index contributed by atoms with van der Waals surface area (Å²) in [6.45, 7) is 4.12. The quantitative estimate of drug-likeness (QED) is 0.505. The maximum Gasteiger partial charge on any atom is 0.305 e. The minimum atomic E-state index is -1.13. The monoisotopic (exact) mass is 411 g/mol. The van der Waals surface area contributed by atoms with E-state index < -0.39 is 24.6 Å². The van der Waals surface area contributed by atoms with E-state index in [1.54, 1.807) is 24.3 Å². The van der Waals surface area contributed by atoms with Crippen molar-refractivity contribution in [3.63, 3.8) is 0 Å². The van der Waals surface area contributed by atoms with Crippen LogP contribution in [-0.4, -0.2) is 38.1 Å². The minimum absolute atomic E-state index is 0.0728. The molecule has 0 aliphatic heterocycles. The molecular formula is C24H26FNO4. The van der Waals surface area contributed by atoms with E-state index in [9.17, 15) is 19.4 Å². The number of carbonyl (C=O) groups is 1. The molecular weight excluding hydrogens is 385 g/mol. The molecule has 0 fully saturated rings. The second-order valence-electron chi connectivity index (χ2n) is 7.66. The van der Waals surface area contributed by atoms with Gasteiger partial charge in [-0.1, -0.05) is 36.4 Å². The van der Waals surface area contributed by atoms with E-state index in [-0.39, 0.29) is 18.3 Å². The number of halogens is 1. The van der Waals surface area contributed by atoms with Gasteiger partial charge < -0.3 is 19.9 Å². The van der Waals surface area contributed by atoms with Crippen molar-refractivity contribution in [3.05, 3.63) is 66.1 Å². The summed E-state index contributed by atoms with van der Waals surface area (Å²) in [7, 11) is 0. The zero-order valence-electron chi connectivity index (χ0n) is 17.0. The van der Waals surface area contributed by atoms with Gasteiger partial charge in [-0.15, -0.1) is 0 Å². The maximum atomic E-state index is 13.5. The number of para-hydroxylation sites is 1. The molecule has 0 bridgehead atoms. The molecule has 5 nitrogen and oxygen atoms in total. The zero-order chi connectivity index (χ0) is 21.8. The van der Waals surface area contributed by atoms with Crippen molar-refractivity contribution in [3.8, 4) is 11.1 Å². The number of aliphatic carboxylic acids is 1. The second-order valence-corrected chi connectivity index (χ2v) is 7.66. The van der Waals surface area contributed by atoms with E-state index in [2.05, 4.69) is 18.4 Å². The fourth-order valence-corrected chi connectivity index (χ4v) is 3.77. The SMILES string of the molecule is CC(C)n1c(/C=C\C(O)CC(O)CC(=O)O)c(-c2ccc(F)cc2)c2ccccc21. The molecule has 0 aliphatic rings. The van der Waals surface area contributed by atoms with Gasteiger partial charge in [0, 0.05) is 34.6 Å². The second kappa shape index (κ2) is 9.24. The number of fused-ring (bicyclic) bond motifs is 1. The average molecular weight is 411 g/mol. The topological polar surface area (TPSA) is 82.7 Å². The van der Waals surface area contributed by atoms with Gasteiger partial charge in [0.2, 0.25) is 0 Å². The lowest BCUT2D eigenvalue weighted by molar-refractivity contribution is -0.139. The van der Waals surface area contributed by atoms with Crippen LogP contribution in [0.2, 0.25) is 0 Å². The smallest absolute Gasteiger partial charge is 0.305 e. The Morgan fingerprint density at radius 2 is 1.77 bits per heavy atom. The number of aliphatic hydroxyl groups is 2. The first-order chi connectivity index (χ1) is 14.3. The van der Waals surface area contributed by atoms with Gasteiger partial charge in [0.25, 0.3) is 0 Å². The highest BCUT2D eigenvalue weighted by atomic mass is 19.1. The Kier molecular flexibility index (Phi) is 6.70. The van der Waals surface area contributed by atoms with Crippen molar-refractivity contribution < 1.29 is 24.5 Å². The first-order valence-electron chi connectivity index (χ1n) is 9.93. The first kappa shape index (κ1) is 21.7. The van der Waals surface area contributed by atoms with E-state index in [0.717, 1.165) is 27.7 Å². The van der Waals surface area contributed by atoms with Crippen LogP contribution in [0.5, 0.6) is 0 Å². The number of nitrogens with zero attached hydrogens (tertiary/aromatic N) is 1. The van der Waals surface area contributed by atoms with Crippen LogP contribution < -0.4 is 0 Å². The molecule has 3 rings (SSSR count). The van der Waals surface area contributed by atoms with Gasteiger partial charge in [0.15, 0.2) is 0 Å². The van der Waals surface area contributed by atoms with Crippen molar-refractivity contribution in [2.75, 3.05) is 0 Å². The molecule has 2 unspecified atom stereocenters. The Morgan fingerprint density at radius 1 is 1.10 bits per heavy atom. The molecule has 1 aromatic heterocycles. The summed E-state index contributed by atoms with van der Waals surface area (Å²) >= 11 is 0. The number of benzene rings is 2. The molecule has 0 saturated heterocycles. The number of rotatable bonds is 8.